The zero-order valence-corrected chi connectivity index (χ0v) is 17.4. The number of benzene rings is 2. The number of hydrogen-bond acceptors (Lipinski definition) is 2. The molecule has 1 aliphatic rings. The lowest BCUT2D eigenvalue weighted by molar-refractivity contribution is 0.372. The molecule has 0 radical (unpaired) electrons. The van der Waals surface area contributed by atoms with Gasteiger partial charge >= 0.3 is 0 Å². The van der Waals surface area contributed by atoms with Crippen molar-refractivity contribution in [1.82, 2.24) is 5.01 Å². The molecule has 1 unspecified atom stereocenters. The zero-order chi connectivity index (χ0) is 16.6. The number of rotatable bonds is 2. The van der Waals surface area contributed by atoms with Gasteiger partial charge in [0.15, 0.2) is 5.11 Å². The Morgan fingerprint density at radius 1 is 1.09 bits per heavy atom. The van der Waals surface area contributed by atoms with Crippen LogP contribution in [0.5, 0.6) is 0 Å². The molecule has 0 spiro atoms. The molecule has 1 heterocycles. The van der Waals surface area contributed by atoms with Gasteiger partial charge in [-0.2, -0.15) is 5.10 Å². The van der Waals surface area contributed by atoms with Gasteiger partial charge in [0, 0.05) is 19.8 Å². The molecule has 7 heteroatoms. The van der Waals surface area contributed by atoms with Crippen molar-refractivity contribution in [3.63, 3.8) is 0 Å². The molecule has 1 aliphatic heterocycles. The Bertz CT molecular complexity index is 790. The second kappa shape index (κ2) is 7.01. The highest BCUT2D eigenvalue weighted by molar-refractivity contribution is 9.13. The summed E-state index contributed by atoms with van der Waals surface area (Å²) in [6.07, 6.45) is 0.757. The molecular formula is C16H12Br3N3S. The minimum absolute atomic E-state index is 0.0259. The van der Waals surface area contributed by atoms with E-state index in [0.29, 0.717) is 0 Å². The van der Waals surface area contributed by atoms with Gasteiger partial charge in [0.1, 0.15) is 0 Å². The highest BCUT2D eigenvalue weighted by Crippen LogP contribution is 2.34. The lowest BCUT2D eigenvalue weighted by Gasteiger charge is -2.21. The van der Waals surface area contributed by atoms with Gasteiger partial charge in [-0.3, -0.25) is 0 Å². The van der Waals surface area contributed by atoms with E-state index in [1.54, 1.807) is 5.01 Å². The van der Waals surface area contributed by atoms with Crippen LogP contribution in [0.3, 0.4) is 0 Å². The van der Waals surface area contributed by atoms with Gasteiger partial charge in [0.25, 0.3) is 0 Å². The molecule has 2 aromatic carbocycles. The fourth-order valence-corrected chi connectivity index (χ4v) is 3.57. The van der Waals surface area contributed by atoms with Crippen LogP contribution in [0.15, 0.2) is 61.0 Å². The van der Waals surface area contributed by atoms with Gasteiger partial charge in [0.2, 0.25) is 0 Å². The molecule has 1 atom stereocenters. The van der Waals surface area contributed by atoms with Gasteiger partial charge in [-0.15, -0.1) is 0 Å². The van der Waals surface area contributed by atoms with E-state index in [2.05, 4.69) is 65.0 Å². The Morgan fingerprint density at radius 3 is 2.39 bits per heavy atom. The van der Waals surface area contributed by atoms with E-state index >= 15 is 0 Å². The molecule has 2 aromatic rings. The molecule has 0 saturated carbocycles. The van der Waals surface area contributed by atoms with E-state index in [-0.39, 0.29) is 11.2 Å². The SMILES string of the molecule is NC(=S)N1N=C(c2ccc(Br)c(Br)c2)CC1c1ccc(Br)cc1. The normalized spacial score (nSPS) is 17.3. The Kier molecular flexibility index (Phi) is 5.20. The maximum absolute atomic E-state index is 5.87. The smallest absolute Gasteiger partial charge is 0.187 e. The van der Waals surface area contributed by atoms with Crippen LogP contribution in [0.4, 0.5) is 0 Å². The van der Waals surface area contributed by atoms with Crippen molar-refractivity contribution in [2.24, 2.45) is 10.8 Å². The Balaban J connectivity index is 1.95. The first-order chi connectivity index (χ1) is 11.0. The number of hydrazone groups is 1. The summed E-state index contributed by atoms with van der Waals surface area (Å²) >= 11 is 15.7. The minimum Gasteiger partial charge on any atom is -0.375 e. The van der Waals surface area contributed by atoms with Gasteiger partial charge < -0.3 is 5.73 Å². The number of thiocarbonyl (C=S) groups is 1. The van der Waals surface area contributed by atoms with Crippen molar-refractivity contribution in [1.29, 1.82) is 0 Å². The van der Waals surface area contributed by atoms with E-state index in [1.807, 2.05) is 30.3 Å². The van der Waals surface area contributed by atoms with E-state index in [0.717, 1.165) is 36.7 Å². The summed E-state index contributed by atoms with van der Waals surface area (Å²) in [6, 6.07) is 14.3. The van der Waals surface area contributed by atoms with Crippen LogP contribution in [-0.4, -0.2) is 15.8 Å². The molecule has 2 N–H and O–H groups in total. The quantitative estimate of drug-likeness (QED) is 0.545. The van der Waals surface area contributed by atoms with Crippen molar-refractivity contribution in [2.45, 2.75) is 12.5 Å². The first kappa shape index (κ1) is 17.1. The number of hydrogen-bond donors (Lipinski definition) is 1. The molecule has 0 aliphatic carbocycles. The Labute approximate surface area is 165 Å². The molecule has 0 aromatic heterocycles. The summed E-state index contributed by atoms with van der Waals surface area (Å²) in [4.78, 5) is 0. The van der Waals surface area contributed by atoms with Gasteiger partial charge in [-0.1, -0.05) is 34.1 Å². The van der Waals surface area contributed by atoms with Crippen LogP contribution in [0, 0.1) is 0 Å². The van der Waals surface area contributed by atoms with Crippen molar-refractivity contribution in [3.8, 4) is 0 Å². The monoisotopic (exact) mass is 515 g/mol. The van der Waals surface area contributed by atoms with E-state index in [4.69, 9.17) is 18.0 Å². The molecule has 0 saturated heterocycles. The lowest BCUT2D eigenvalue weighted by Crippen LogP contribution is -2.31. The number of nitrogens with two attached hydrogens (primary N) is 1. The summed E-state index contributed by atoms with van der Waals surface area (Å²) in [5.41, 5.74) is 9.04. The van der Waals surface area contributed by atoms with Crippen LogP contribution >= 0.6 is 60.0 Å². The largest absolute Gasteiger partial charge is 0.375 e. The Hall–Kier alpha value is -0.760. The van der Waals surface area contributed by atoms with Crippen LogP contribution in [0.25, 0.3) is 0 Å². The molecule has 23 heavy (non-hydrogen) atoms. The van der Waals surface area contributed by atoms with Gasteiger partial charge in [0.05, 0.1) is 11.8 Å². The number of halogens is 3. The third kappa shape index (κ3) is 3.68. The summed E-state index contributed by atoms with van der Waals surface area (Å²) in [5, 5.41) is 6.65. The fourth-order valence-electron chi connectivity index (χ4n) is 2.51. The zero-order valence-electron chi connectivity index (χ0n) is 11.8. The van der Waals surface area contributed by atoms with E-state index in [9.17, 15) is 0 Å². The minimum atomic E-state index is 0.0259. The van der Waals surface area contributed by atoms with Crippen LogP contribution < -0.4 is 5.73 Å². The summed E-state index contributed by atoms with van der Waals surface area (Å²) in [5.74, 6) is 0. The maximum Gasteiger partial charge on any atom is 0.187 e. The summed E-state index contributed by atoms with van der Waals surface area (Å²) in [6.45, 7) is 0. The van der Waals surface area contributed by atoms with Crippen molar-refractivity contribution >= 4 is 70.8 Å². The van der Waals surface area contributed by atoms with Crippen molar-refractivity contribution < 1.29 is 0 Å². The summed E-state index contributed by atoms with van der Waals surface area (Å²) < 4.78 is 3.04. The second-order valence-corrected chi connectivity index (χ2v) is 8.17. The number of nitrogens with zero attached hydrogens (tertiary/aromatic N) is 2. The van der Waals surface area contributed by atoms with Gasteiger partial charge in [-0.25, -0.2) is 5.01 Å². The topological polar surface area (TPSA) is 41.6 Å². The highest BCUT2D eigenvalue weighted by Gasteiger charge is 2.30. The highest BCUT2D eigenvalue weighted by atomic mass is 79.9. The van der Waals surface area contributed by atoms with Crippen LogP contribution in [0.1, 0.15) is 23.6 Å². The van der Waals surface area contributed by atoms with E-state index in [1.165, 1.54) is 0 Å². The fraction of sp³-hybridized carbons (Fsp3) is 0.125. The Morgan fingerprint density at radius 2 is 1.78 bits per heavy atom. The van der Waals surface area contributed by atoms with Crippen molar-refractivity contribution in [2.75, 3.05) is 0 Å². The van der Waals surface area contributed by atoms with E-state index < -0.39 is 0 Å². The predicted molar refractivity (Wildman–Crippen MR) is 109 cm³/mol. The molecule has 0 fully saturated rings. The van der Waals surface area contributed by atoms with Crippen LogP contribution in [0.2, 0.25) is 0 Å². The second-order valence-electron chi connectivity index (χ2n) is 5.13. The molecule has 3 nitrogen and oxygen atoms in total. The average molecular weight is 518 g/mol. The van der Waals surface area contributed by atoms with Crippen molar-refractivity contribution in [3.05, 3.63) is 67.0 Å². The molecule has 118 valence electrons. The molecule has 0 amide bonds. The molecule has 3 rings (SSSR count). The standard InChI is InChI=1S/C16H12Br3N3S/c17-11-4-1-9(2-5-11)15-8-14(21-22(15)16(20)23)10-3-6-12(18)13(19)7-10/h1-7,15H,8H2,(H2,20,23). The third-order valence-corrected chi connectivity index (χ3v) is 6.24. The predicted octanol–water partition coefficient (Wildman–Crippen LogP) is 5.37. The molecular weight excluding hydrogens is 506 g/mol. The molecule has 0 bridgehead atoms. The summed E-state index contributed by atoms with van der Waals surface area (Å²) in [7, 11) is 0. The van der Waals surface area contributed by atoms with Crippen LogP contribution in [-0.2, 0) is 0 Å². The lowest BCUT2D eigenvalue weighted by atomic mass is 9.99. The first-order valence-corrected chi connectivity index (χ1v) is 9.61. The third-order valence-electron chi connectivity index (χ3n) is 3.64. The maximum atomic E-state index is 5.87. The average Bonchev–Trinajstić information content (AvgIpc) is 2.96. The first-order valence-electron chi connectivity index (χ1n) is 6.83. The van der Waals surface area contributed by atoms with Gasteiger partial charge in [-0.05, 0) is 79.5 Å².